The Morgan fingerprint density at radius 1 is 0.739 bits per heavy atom. The van der Waals surface area contributed by atoms with E-state index in [0.29, 0.717) is 22.5 Å². The molecule has 5 atom stereocenters. The number of benzene rings is 2. The van der Waals surface area contributed by atoms with Gasteiger partial charge in [-0.1, -0.05) is 12.1 Å². The van der Waals surface area contributed by atoms with Gasteiger partial charge in [-0.25, -0.2) is 14.4 Å². The van der Waals surface area contributed by atoms with Gasteiger partial charge < -0.3 is 32.8 Å². The number of amides is 2. The van der Waals surface area contributed by atoms with Crippen molar-refractivity contribution >= 4 is 52.4 Å². The van der Waals surface area contributed by atoms with Crippen LogP contribution in [0.3, 0.4) is 0 Å². The second-order valence-electron chi connectivity index (χ2n) is 10.3. The van der Waals surface area contributed by atoms with Gasteiger partial charge in [0.2, 0.25) is 12.4 Å². The van der Waals surface area contributed by atoms with Crippen molar-refractivity contribution in [1.29, 1.82) is 0 Å². The van der Waals surface area contributed by atoms with Crippen LogP contribution < -0.4 is 16.3 Å². The van der Waals surface area contributed by atoms with Gasteiger partial charge >= 0.3 is 35.7 Å². The summed E-state index contributed by atoms with van der Waals surface area (Å²) in [7, 11) is 0. The molecular formula is C31H32N2O13. The Morgan fingerprint density at radius 3 is 1.98 bits per heavy atom. The molecule has 244 valence electrons. The number of aryl methyl sites for hydroxylation is 1. The van der Waals surface area contributed by atoms with Gasteiger partial charge in [-0.3, -0.25) is 25.0 Å². The molecule has 1 aromatic heterocycles. The van der Waals surface area contributed by atoms with E-state index in [1.165, 1.54) is 31.2 Å². The zero-order chi connectivity index (χ0) is 33.5. The average molecular weight is 641 g/mol. The number of esters is 3. The van der Waals surface area contributed by atoms with Crippen molar-refractivity contribution in [3.05, 3.63) is 70.1 Å². The Kier molecular flexibility index (Phi) is 10.6. The molecule has 2 N–H and O–H groups in total. The predicted molar refractivity (Wildman–Crippen MR) is 159 cm³/mol. The summed E-state index contributed by atoms with van der Waals surface area (Å²) in [6, 6.07) is 12.5. The fourth-order valence-electron chi connectivity index (χ4n) is 4.71. The summed E-state index contributed by atoms with van der Waals surface area (Å²) >= 11 is 0. The molecule has 1 aliphatic rings. The minimum Gasteiger partial charge on any atom is -0.456 e. The van der Waals surface area contributed by atoms with Crippen LogP contribution in [0, 0.1) is 6.92 Å². The molecule has 0 bridgehead atoms. The first kappa shape index (κ1) is 33.5. The third-order valence-corrected chi connectivity index (χ3v) is 6.62. The van der Waals surface area contributed by atoms with Crippen LogP contribution in [0.15, 0.2) is 57.7 Å². The van der Waals surface area contributed by atoms with Crippen molar-refractivity contribution in [1.82, 2.24) is 0 Å². The molecule has 2 amide bonds. The third kappa shape index (κ3) is 8.81. The van der Waals surface area contributed by atoms with Crippen LogP contribution in [-0.2, 0) is 49.4 Å². The quantitative estimate of drug-likeness (QED) is 0.204. The second-order valence-corrected chi connectivity index (χ2v) is 10.3. The summed E-state index contributed by atoms with van der Waals surface area (Å²) in [6.45, 7) is 6.55. The summed E-state index contributed by atoms with van der Waals surface area (Å²) in [5, 5.41) is 5.81. The Bertz CT molecular complexity index is 1680. The van der Waals surface area contributed by atoms with Gasteiger partial charge in [-0.2, -0.15) is 0 Å². The van der Waals surface area contributed by atoms with E-state index in [9.17, 15) is 28.8 Å². The van der Waals surface area contributed by atoms with E-state index in [0.717, 1.165) is 31.7 Å². The maximum absolute atomic E-state index is 12.8. The number of hydrogen-bond donors (Lipinski definition) is 2. The van der Waals surface area contributed by atoms with Gasteiger partial charge in [0.1, 0.15) is 12.2 Å². The monoisotopic (exact) mass is 640 g/mol. The van der Waals surface area contributed by atoms with Crippen LogP contribution in [0.5, 0.6) is 0 Å². The first-order valence-corrected chi connectivity index (χ1v) is 14.0. The van der Waals surface area contributed by atoms with Gasteiger partial charge in [0.05, 0.1) is 6.10 Å². The highest BCUT2D eigenvalue weighted by atomic mass is 16.7. The van der Waals surface area contributed by atoms with Crippen molar-refractivity contribution in [2.45, 2.75) is 71.9 Å². The Hall–Kier alpha value is -5.44. The van der Waals surface area contributed by atoms with Gasteiger partial charge in [-0.05, 0) is 49.2 Å². The zero-order valence-corrected chi connectivity index (χ0v) is 25.5. The number of rotatable bonds is 8. The fourth-order valence-corrected chi connectivity index (χ4v) is 4.71. The molecular weight excluding hydrogens is 608 g/mol. The molecule has 0 unspecified atom stereocenters. The lowest BCUT2D eigenvalue weighted by Crippen LogP contribution is -2.61. The van der Waals surface area contributed by atoms with Crippen molar-refractivity contribution < 1.29 is 56.8 Å². The Labute approximate surface area is 262 Å². The summed E-state index contributed by atoms with van der Waals surface area (Å²) in [4.78, 5) is 72.0. The molecule has 0 radical (unpaired) electrons. The summed E-state index contributed by atoms with van der Waals surface area (Å²) < 4.78 is 37.3. The van der Waals surface area contributed by atoms with Crippen LogP contribution >= 0.6 is 0 Å². The number of ether oxygens (including phenoxy) is 6. The van der Waals surface area contributed by atoms with E-state index < -0.39 is 66.4 Å². The van der Waals surface area contributed by atoms with Gasteiger partial charge in [-0.15, -0.1) is 0 Å². The van der Waals surface area contributed by atoms with Crippen molar-refractivity contribution in [3.8, 4) is 0 Å². The molecule has 0 spiro atoms. The van der Waals surface area contributed by atoms with E-state index in [1.807, 2.05) is 0 Å². The van der Waals surface area contributed by atoms with Crippen molar-refractivity contribution in [2.24, 2.45) is 0 Å². The zero-order valence-electron chi connectivity index (χ0n) is 25.5. The fraction of sp³-hybridized carbons (Fsp3) is 0.355. The highest BCUT2D eigenvalue weighted by molar-refractivity contribution is 5.90. The molecule has 46 heavy (non-hydrogen) atoms. The van der Waals surface area contributed by atoms with Gasteiger partial charge in [0.15, 0.2) is 12.2 Å². The maximum atomic E-state index is 12.8. The van der Waals surface area contributed by atoms with Gasteiger partial charge in [0.25, 0.3) is 0 Å². The molecule has 1 aliphatic heterocycles. The molecule has 3 aromatic rings. The molecule has 0 aliphatic carbocycles. The van der Waals surface area contributed by atoms with Crippen LogP contribution in [0.25, 0.3) is 11.0 Å². The highest BCUT2D eigenvalue weighted by Crippen LogP contribution is 2.30. The molecule has 4 rings (SSSR count). The van der Waals surface area contributed by atoms with Crippen molar-refractivity contribution in [3.63, 3.8) is 0 Å². The molecule has 0 saturated carbocycles. The summed E-state index contributed by atoms with van der Waals surface area (Å²) in [6.07, 6.45) is -8.10. The number of fused-ring (bicyclic) bond motifs is 1. The van der Waals surface area contributed by atoms with Crippen LogP contribution in [0.4, 0.5) is 21.0 Å². The van der Waals surface area contributed by atoms with E-state index in [2.05, 4.69) is 10.6 Å². The van der Waals surface area contributed by atoms with E-state index in [1.54, 1.807) is 31.2 Å². The Balaban J connectivity index is 1.34. The number of nitrogens with one attached hydrogen (secondary N) is 2. The normalized spacial score (nSPS) is 20.6. The SMILES string of the molecule is CC(=O)O[C@H]1[C@H](OC(C)=O)[C@H](OC(=O)Nc2ccc(COC(=O)Nc3ccc4c(C)cc(=O)oc4c3)cc2)O[C@@H](C)[C@H]1OC(C)=O. The lowest BCUT2D eigenvalue weighted by atomic mass is 9.99. The first-order chi connectivity index (χ1) is 21.8. The molecule has 15 nitrogen and oxygen atoms in total. The minimum absolute atomic E-state index is 0.1000. The first-order valence-electron chi connectivity index (χ1n) is 14.0. The standard InChI is InChI=1S/C31H32N2O13/c1-15-12-25(37)45-24-13-22(10-11-23(15)24)33-30(38)40-14-20-6-8-21(9-7-20)32-31(39)46-29-28(44-19(5)36)27(43-18(4)35)26(16(2)41-29)42-17(3)34/h6-13,16,26-29H,14H2,1-5H3,(H,32,39)(H,33,38)/t16-,26+,27+,28-,29-/m0/s1. The second kappa shape index (κ2) is 14.6. The summed E-state index contributed by atoms with van der Waals surface area (Å²) in [5.41, 5.74) is 1.84. The number of hydrogen-bond acceptors (Lipinski definition) is 13. The van der Waals surface area contributed by atoms with E-state index in [-0.39, 0.29) is 6.61 Å². The van der Waals surface area contributed by atoms with Crippen LogP contribution in [0.1, 0.15) is 38.8 Å². The molecule has 15 heteroatoms. The summed E-state index contributed by atoms with van der Waals surface area (Å²) in [5.74, 6) is -2.23. The molecule has 1 saturated heterocycles. The van der Waals surface area contributed by atoms with E-state index in [4.69, 9.17) is 32.8 Å². The largest absolute Gasteiger partial charge is 0.456 e. The highest BCUT2D eigenvalue weighted by Gasteiger charge is 2.52. The molecule has 2 heterocycles. The van der Waals surface area contributed by atoms with Gasteiger partial charge in [0, 0.05) is 49.7 Å². The average Bonchev–Trinajstić information content (AvgIpc) is 2.95. The maximum Gasteiger partial charge on any atom is 0.414 e. The van der Waals surface area contributed by atoms with Crippen molar-refractivity contribution in [2.75, 3.05) is 10.6 Å². The van der Waals surface area contributed by atoms with E-state index >= 15 is 0 Å². The molecule has 1 fully saturated rings. The molecule has 2 aromatic carbocycles. The number of carbonyl (C=O) groups is 5. The lowest BCUT2D eigenvalue weighted by molar-refractivity contribution is -0.285. The number of anilines is 2. The minimum atomic E-state index is -1.52. The van der Waals surface area contributed by atoms with Crippen LogP contribution in [0.2, 0.25) is 0 Å². The smallest absolute Gasteiger partial charge is 0.414 e. The topological polar surface area (TPSA) is 195 Å². The predicted octanol–water partition coefficient (Wildman–Crippen LogP) is 3.94. The van der Waals surface area contributed by atoms with Crippen LogP contribution in [-0.4, -0.2) is 60.8 Å². The third-order valence-electron chi connectivity index (χ3n) is 6.62. The lowest BCUT2D eigenvalue weighted by Gasteiger charge is -2.42. The Morgan fingerprint density at radius 2 is 1.33 bits per heavy atom. The number of carbonyl (C=O) groups excluding carboxylic acids is 5.